The number of hydrogen-bond donors (Lipinski definition) is 5. The molecule has 88 valence electrons. The SMILES string of the molecule is CNC(=N)NC(=N)NCCc1ccc(C)o1. The Morgan fingerprint density at radius 3 is 2.62 bits per heavy atom. The smallest absolute Gasteiger partial charge is 0.195 e. The van der Waals surface area contributed by atoms with Gasteiger partial charge in [-0.05, 0) is 19.1 Å². The van der Waals surface area contributed by atoms with E-state index in [9.17, 15) is 0 Å². The zero-order chi connectivity index (χ0) is 12.0. The van der Waals surface area contributed by atoms with Crippen molar-refractivity contribution in [2.75, 3.05) is 13.6 Å². The van der Waals surface area contributed by atoms with Gasteiger partial charge in [0.25, 0.3) is 0 Å². The first-order valence-electron chi connectivity index (χ1n) is 5.03. The average molecular weight is 223 g/mol. The summed E-state index contributed by atoms with van der Waals surface area (Å²) in [6.45, 7) is 2.49. The first-order chi connectivity index (χ1) is 7.61. The molecule has 0 aromatic carbocycles. The summed E-state index contributed by atoms with van der Waals surface area (Å²) in [5.74, 6) is 1.97. The largest absolute Gasteiger partial charge is 0.466 e. The van der Waals surface area contributed by atoms with Gasteiger partial charge in [0, 0.05) is 20.0 Å². The van der Waals surface area contributed by atoms with Crippen molar-refractivity contribution >= 4 is 11.9 Å². The Morgan fingerprint density at radius 1 is 1.31 bits per heavy atom. The highest BCUT2D eigenvalue weighted by atomic mass is 16.3. The third-order valence-corrected chi connectivity index (χ3v) is 1.97. The highest BCUT2D eigenvalue weighted by Gasteiger charge is 2.00. The second-order valence-electron chi connectivity index (χ2n) is 3.31. The Morgan fingerprint density at radius 2 is 2.06 bits per heavy atom. The Balaban J connectivity index is 2.20. The minimum absolute atomic E-state index is 0.0892. The maximum absolute atomic E-state index is 7.46. The molecule has 0 spiro atoms. The van der Waals surface area contributed by atoms with Gasteiger partial charge in [-0.25, -0.2) is 0 Å². The fourth-order valence-corrected chi connectivity index (χ4v) is 1.16. The minimum atomic E-state index is 0.0892. The summed E-state index contributed by atoms with van der Waals surface area (Å²) in [5, 5.41) is 22.7. The Hall–Kier alpha value is -1.98. The van der Waals surface area contributed by atoms with E-state index >= 15 is 0 Å². The minimum Gasteiger partial charge on any atom is -0.466 e. The molecule has 1 aromatic rings. The molecule has 0 aliphatic rings. The zero-order valence-corrected chi connectivity index (χ0v) is 9.48. The summed E-state index contributed by atoms with van der Waals surface area (Å²) in [6, 6.07) is 3.83. The monoisotopic (exact) mass is 223 g/mol. The lowest BCUT2D eigenvalue weighted by atomic mass is 10.3. The molecule has 1 rings (SSSR count). The summed E-state index contributed by atoms with van der Waals surface area (Å²) in [4.78, 5) is 0. The lowest BCUT2D eigenvalue weighted by Crippen LogP contribution is -2.45. The quantitative estimate of drug-likeness (QED) is 0.378. The fourth-order valence-electron chi connectivity index (χ4n) is 1.16. The van der Waals surface area contributed by atoms with E-state index < -0.39 is 0 Å². The van der Waals surface area contributed by atoms with E-state index in [4.69, 9.17) is 15.2 Å². The number of guanidine groups is 2. The number of nitrogens with one attached hydrogen (secondary N) is 5. The molecule has 16 heavy (non-hydrogen) atoms. The van der Waals surface area contributed by atoms with Gasteiger partial charge in [0.2, 0.25) is 0 Å². The molecular weight excluding hydrogens is 206 g/mol. The van der Waals surface area contributed by atoms with Crippen molar-refractivity contribution in [1.29, 1.82) is 10.8 Å². The molecule has 6 heteroatoms. The second kappa shape index (κ2) is 5.79. The summed E-state index contributed by atoms with van der Waals surface area (Å²) >= 11 is 0. The number of hydrogen-bond acceptors (Lipinski definition) is 3. The van der Waals surface area contributed by atoms with Crippen molar-refractivity contribution in [3.05, 3.63) is 23.7 Å². The Labute approximate surface area is 94.4 Å². The summed E-state index contributed by atoms with van der Waals surface area (Å²) < 4.78 is 5.38. The van der Waals surface area contributed by atoms with Crippen LogP contribution in [-0.2, 0) is 6.42 Å². The standard InChI is InChI=1S/C10H17N5O/c1-7-3-4-8(16-7)5-6-14-10(12)15-9(11)13-2/h3-4H,5-6H2,1-2H3,(H5,11,12,13,14,15). The van der Waals surface area contributed by atoms with E-state index in [0.29, 0.717) is 13.0 Å². The van der Waals surface area contributed by atoms with Gasteiger partial charge in [0.15, 0.2) is 11.9 Å². The highest BCUT2D eigenvalue weighted by Crippen LogP contribution is 2.05. The van der Waals surface area contributed by atoms with Gasteiger partial charge in [-0.2, -0.15) is 0 Å². The van der Waals surface area contributed by atoms with Crippen molar-refractivity contribution < 1.29 is 4.42 Å². The summed E-state index contributed by atoms with van der Waals surface area (Å²) in [5.41, 5.74) is 0. The molecular formula is C10H17N5O. The predicted molar refractivity (Wildman–Crippen MR) is 62.8 cm³/mol. The molecule has 0 unspecified atom stereocenters. The second-order valence-corrected chi connectivity index (χ2v) is 3.31. The van der Waals surface area contributed by atoms with Crippen LogP contribution in [0.3, 0.4) is 0 Å². The van der Waals surface area contributed by atoms with Crippen LogP contribution in [0.1, 0.15) is 11.5 Å². The lowest BCUT2D eigenvalue weighted by Gasteiger charge is -2.09. The van der Waals surface area contributed by atoms with Crippen LogP contribution in [0.5, 0.6) is 0 Å². The highest BCUT2D eigenvalue weighted by molar-refractivity contribution is 5.95. The van der Waals surface area contributed by atoms with Gasteiger partial charge in [0.05, 0.1) is 0 Å². The maximum atomic E-state index is 7.46. The first-order valence-corrected chi connectivity index (χ1v) is 5.03. The van der Waals surface area contributed by atoms with Crippen molar-refractivity contribution in [3.63, 3.8) is 0 Å². The molecule has 0 saturated carbocycles. The van der Waals surface area contributed by atoms with Crippen LogP contribution < -0.4 is 16.0 Å². The number of aryl methyl sites for hydroxylation is 1. The Bertz CT molecular complexity index is 371. The van der Waals surface area contributed by atoms with Crippen molar-refractivity contribution in [2.45, 2.75) is 13.3 Å². The van der Waals surface area contributed by atoms with Gasteiger partial charge in [0.1, 0.15) is 11.5 Å². The van der Waals surface area contributed by atoms with Gasteiger partial charge in [-0.3, -0.25) is 16.1 Å². The van der Waals surface area contributed by atoms with E-state index in [1.54, 1.807) is 7.05 Å². The van der Waals surface area contributed by atoms with Gasteiger partial charge >= 0.3 is 0 Å². The molecule has 0 bridgehead atoms. The molecule has 0 radical (unpaired) electrons. The van der Waals surface area contributed by atoms with Gasteiger partial charge < -0.3 is 15.1 Å². The number of furan rings is 1. The predicted octanol–water partition coefficient (Wildman–Crippen LogP) is 0.399. The fraction of sp³-hybridized carbons (Fsp3) is 0.400. The molecule has 0 fully saturated rings. The third-order valence-electron chi connectivity index (χ3n) is 1.97. The van der Waals surface area contributed by atoms with Crippen LogP contribution in [-0.4, -0.2) is 25.5 Å². The van der Waals surface area contributed by atoms with E-state index in [2.05, 4.69) is 16.0 Å². The van der Waals surface area contributed by atoms with E-state index in [0.717, 1.165) is 11.5 Å². The summed E-state index contributed by atoms with van der Waals surface area (Å²) in [7, 11) is 1.62. The van der Waals surface area contributed by atoms with E-state index in [1.807, 2.05) is 19.1 Å². The zero-order valence-electron chi connectivity index (χ0n) is 9.48. The summed E-state index contributed by atoms with van der Waals surface area (Å²) in [6.07, 6.45) is 0.713. The molecule has 0 amide bonds. The van der Waals surface area contributed by atoms with Gasteiger partial charge in [-0.15, -0.1) is 0 Å². The molecule has 6 nitrogen and oxygen atoms in total. The van der Waals surface area contributed by atoms with E-state index in [-0.39, 0.29) is 11.9 Å². The topological polar surface area (TPSA) is 96.9 Å². The first kappa shape index (κ1) is 12.1. The van der Waals surface area contributed by atoms with Crippen LogP contribution >= 0.6 is 0 Å². The van der Waals surface area contributed by atoms with Crippen LogP contribution in [0, 0.1) is 17.7 Å². The molecule has 1 heterocycles. The molecule has 0 saturated heterocycles. The Kier molecular flexibility index (Phi) is 4.38. The van der Waals surface area contributed by atoms with Crippen molar-refractivity contribution in [2.24, 2.45) is 0 Å². The third kappa shape index (κ3) is 4.04. The lowest BCUT2D eigenvalue weighted by molar-refractivity contribution is 0.481. The van der Waals surface area contributed by atoms with Gasteiger partial charge in [-0.1, -0.05) is 0 Å². The molecule has 0 aliphatic carbocycles. The molecule has 5 N–H and O–H groups in total. The average Bonchev–Trinajstić information content (AvgIpc) is 2.64. The van der Waals surface area contributed by atoms with Crippen LogP contribution in [0.15, 0.2) is 16.5 Å². The van der Waals surface area contributed by atoms with E-state index in [1.165, 1.54) is 0 Å². The van der Waals surface area contributed by atoms with Crippen LogP contribution in [0.2, 0.25) is 0 Å². The van der Waals surface area contributed by atoms with Crippen molar-refractivity contribution in [1.82, 2.24) is 16.0 Å². The van der Waals surface area contributed by atoms with Crippen molar-refractivity contribution in [3.8, 4) is 0 Å². The maximum Gasteiger partial charge on any atom is 0.195 e. The normalized spacial score (nSPS) is 9.62. The molecule has 1 aromatic heterocycles. The van der Waals surface area contributed by atoms with Crippen LogP contribution in [0.4, 0.5) is 0 Å². The molecule has 0 atom stereocenters. The number of rotatable bonds is 3. The molecule has 0 aliphatic heterocycles. The van der Waals surface area contributed by atoms with Crippen LogP contribution in [0.25, 0.3) is 0 Å².